The molecule has 0 saturated carbocycles. The van der Waals surface area contributed by atoms with Gasteiger partial charge in [0.1, 0.15) is 52.6 Å². The molecule has 14 heteroatoms. The van der Waals surface area contributed by atoms with Gasteiger partial charge in [-0.1, -0.05) is 60.1 Å². The van der Waals surface area contributed by atoms with E-state index in [-0.39, 0.29) is 30.8 Å². The first-order valence-corrected chi connectivity index (χ1v) is 20.3. The molecule has 330 valence electrons. The van der Waals surface area contributed by atoms with Crippen molar-refractivity contribution in [2.24, 2.45) is 0 Å². The van der Waals surface area contributed by atoms with Crippen LogP contribution < -0.4 is 23.7 Å². The molecule has 0 fully saturated rings. The molecule has 0 aliphatic carbocycles. The van der Waals surface area contributed by atoms with Crippen molar-refractivity contribution in [2.45, 2.75) is 25.0 Å². The fraction of sp³-hybridized carbons (Fsp3) is 0.224. The Morgan fingerprint density at radius 2 is 0.984 bits per heavy atom. The highest BCUT2D eigenvalue weighted by molar-refractivity contribution is 6.30. The Kier molecular flexibility index (Phi) is 18.1. The molecule has 0 aliphatic heterocycles. The lowest BCUT2D eigenvalue weighted by molar-refractivity contribution is -0.139. The highest BCUT2D eigenvalue weighted by Gasteiger charge is 2.18. The topological polar surface area (TPSA) is 127 Å². The molecular formula is C49H49ClF2N2O9. The van der Waals surface area contributed by atoms with Gasteiger partial charge in [0.05, 0.1) is 20.2 Å². The standard InChI is InChI=1S/C25H26FNO5.C24H23ClFNO4/c1-27(17-25(28)29)15-14-22(18-10-12-19(26)13-11-18)31-20-6-5-7-21(16-20)32-24-9-4-3-8-23(24)30-2;1-27(16-24(28)29)14-13-23(17-5-9-19(26)10-6-17)31-22-4-2-3-21(15-22)30-20-11-7-18(25)8-12-20/h3-13,16,22H,14-15,17H2,1-2H3,(H,28,29);2-12,15,23H,13-14,16H2,1H3,(H,28,29). The number of methoxy groups -OCH3 is 1. The minimum Gasteiger partial charge on any atom is -0.493 e. The van der Waals surface area contributed by atoms with Crippen molar-refractivity contribution in [1.29, 1.82) is 0 Å². The summed E-state index contributed by atoms with van der Waals surface area (Å²) < 4.78 is 56.4. The summed E-state index contributed by atoms with van der Waals surface area (Å²) in [6.45, 7) is 0.847. The van der Waals surface area contributed by atoms with Gasteiger partial charge in [-0.2, -0.15) is 0 Å². The molecule has 6 aromatic carbocycles. The molecule has 0 radical (unpaired) electrons. The zero-order valence-corrected chi connectivity index (χ0v) is 35.8. The lowest BCUT2D eigenvalue weighted by Crippen LogP contribution is -2.28. The van der Waals surface area contributed by atoms with Crippen LogP contribution in [-0.2, 0) is 9.59 Å². The van der Waals surface area contributed by atoms with E-state index in [1.165, 1.54) is 24.3 Å². The van der Waals surface area contributed by atoms with Gasteiger partial charge in [0.15, 0.2) is 11.5 Å². The Morgan fingerprint density at radius 3 is 1.43 bits per heavy atom. The van der Waals surface area contributed by atoms with E-state index < -0.39 is 18.0 Å². The van der Waals surface area contributed by atoms with Gasteiger partial charge in [-0.05, 0) is 110 Å². The first-order chi connectivity index (χ1) is 30.3. The molecule has 6 rings (SSSR count). The smallest absolute Gasteiger partial charge is 0.317 e. The van der Waals surface area contributed by atoms with Crippen LogP contribution in [0.4, 0.5) is 8.78 Å². The fourth-order valence-corrected chi connectivity index (χ4v) is 6.38. The quantitative estimate of drug-likeness (QED) is 0.0717. The van der Waals surface area contributed by atoms with Crippen LogP contribution in [0.3, 0.4) is 0 Å². The zero-order valence-electron chi connectivity index (χ0n) is 35.0. The van der Waals surface area contributed by atoms with Crippen LogP contribution in [0.25, 0.3) is 0 Å². The van der Waals surface area contributed by atoms with E-state index in [1.807, 2.05) is 60.7 Å². The van der Waals surface area contributed by atoms with Crippen LogP contribution in [0, 0.1) is 11.6 Å². The molecule has 63 heavy (non-hydrogen) atoms. The van der Waals surface area contributed by atoms with E-state index in [1.54, 1.807) is 91.7 Å². The summed E-state index contributed by atoms with van der Waals surface area (Å²) in [5.74, 6) is 1.73. The van der Waals surface area contributed by atoms with Crippen molar-refractivity contribution in [3.05, 3.63) is 173 Å². The molecule has 0 aliphatic rings. The molecule has 0 heterocycles. The highest BCUT2D eigenvalue weighted by Crippen LogP contribution is 2.34. The Hall–Kier alpha value is -6.67. The number of benzene rings is 6. The van der Waals surface area contributed by atoms with Crippen molar-refractivity contribution in [3.8, 4) is 40.2 Å². The van der Waals surface area contributed by atoms with E-state index >= 15 is 0 Å². The molecule has 0 bridgehead atoms. The number of para-hydroxylation sites is 2. The molecule has 11 nitrogen and oxygen atoms in total. The number of carboxylic acid groups (broad SMARTS) is 2. The van der Waals surface area contributed by atoms with Crippen LogP contribution in [0.1, 0.15) is 36.2 Å². The van der Waals surface area contributed by atoms with Crippen molar-refractivity contribution < 1.29 is 52.3 Å². The molecular weight excluding hydrogens is 834 g/mol. The largest absolute Gasteiger partial charge is 0.493 e. The van der Waals surface area contributed by atoms with E-state index in [4.69, 9.17) is 45.5 Å². The van der Waals surface area contributed by atoms with Crippen molar-refractivity contribution in [3.63, 3.8) is 0 Å². The summed E-state index contributed by atoms with van der Waals surface area (Å²) in [7, 11) is 5.05. The average molecular weight is 883 g/mol. The second-order valence-electron chi connectivity index (χ2n) is 14.4. The van der Waals surface area contributed by atoms with Crippen molar-refractivity contribution in [2.75, 3.05) is 47.4 Å². The van der Waals surface area contributed by atoms with Crippen LogP contribution >= 0.6 is 11.6 Å². The summed E-state index contributed by atoms with van der Waals surface area (Å²) >= 11 is 5.91. The number of ether oxygens (including phenoxy) is 5. The Labute approximate surface area is 370 Å². The third-order valence-corrected chi connectivity index (χ3v) is 9.61. The second kappa shape index (κ2) is 24.1. The number of likely N-dealkylation sites (N-methyl/N-ethyl adjacent to an activating group) is 2. The SMILES string of the molecule is CN(CCC(Oc1cccc(Oc2ccc(Cl)cc2)c1)c1ccc(F)cc1)CC(=O)O.COc1ccccc1Oc1cccc(OC(CCN(C)CC(=O)O)c2ccc(F)cc2)c1. The van der Waals surface area contributed by atoms with Crippen molar-refractivity contribution in [1.82, 2.24) is 9.80 Å². The van der Waals surface area contributed by atoms with Gasteiger partial charge in [0.25, 0.3) is 0 Å². The number of nitrogens with zero attached hydrogens (tertiary/aromatic N) is 2. The average Bonchev–Trinajstić information content (AvgIpc) is 3.25. The number of carbonyl (C=O) groups is 2. The fourth-order valence-electron chi connectivity index (χ4n) is 6.26. The Balaban J connectivity index is 0.000000238. The monoisotopic (exact) mass is 882 g/mol. The number of aliphatic carboxylic acids is 2. The predicted molar refractivity (Wildman–Crippen MR) is 237 cm³/mol. The van der Waals surface area contributed by atoms with Crippen LogP contribution in [-0.4, -0.2) is 79.3 Å². The molecule has 0 spiro atoms. The molecule has 0 saturated heterocycles. The maximum atomic E-state index is 13.4. The Morgan fingerprint density at radius 1 is 0.556 bits per heavy atom. The van der Waals surface area contributed by atoms with Gasteiger partial charge in [-0.15, -0.1) is 0 Å². The second-order valence-corrected chi connectivity index (χ2v) is 14.9. The molecule has 2 atom stereocenters. The minimum atomic E-state index is -0.895. The first kappa shape index (κ1) is 47.4. The third kappa shape index (κ3) is 16.3. The van der Waals surface area contributed by atoms with Gasteiger partial charge >= 0.3 is 11.9 Å². The van der Waals surface area contributed by atoms with Gasteiger partial charge in [-0.3, -0.25) is 19.4 Å². The molecule has 6 aromatic rings. The molecule has 0 amide bonds. The summed E-state index contributed by atoms with van der Waals surface area (Å²) in [5.41, 5.74) is 1.60. The number of carboxylic acids is 2. The van der Waals surface area contributed by atoms with E-state index in [0.717, 1.165) is 11.1 Å². The minimum absolute atomic E-state index is 0.0689. The van der Waals surface area contributed by atoms with Crippen LogP contribution in [0.5, 0.6) is 40.2 Å². The van der Waals surface area contributed by atoms with Crippen molar-refractivity contribution >= 4 is 23.5 Å². The number of hydrogen-bond acceptors (Lipinski definition) is 9. The first-order valence-electron chi connectivity index (χ1n) is 19.9. The summed E-state index contributed by atoms with van der Waals surface area (Å²) in [5, 5.41) is 18.6. The number of halogens is 3. The lowest BCUT2D eigenvalue weighted by Gasteiger charge is -2.23. The highest BCUT2D eigenvalue weighted by atomic mass is 35.5. The maximum Gasteiger partial charge on any atom is 0.317 e. The number of hydrogen-bond donors (Lipinski definition) is 2. The third-order valence-electron chi connectivity index (χ3n) is 9.35. The lowest BCUT2D eigenvalue weighted by atomic mass is 10.1. The summed E-state index contributed by atoms with van der Waals surface area (Å²) in [4.78, 5) is 25.3. The zero-order chi connectivity index (χ0) is 45.1. The summed E-state index contributed by atoms with van der Waals surface area (Å²) in [6.07, 6.45) is 0.265. The molecule has 0 aromatic heterocycles. The van der Waals surface area contributed by atoms with Crippen LogP contribution in [0.2, 0.25) is 5.02 Å². The predicted octanol–water partition coefficient (Wildman–Crippen LogP) is 11.0. The van der Waals surface area contributed by atoms with Gasteiger partial charge in [-0.25, -0.2) is 8.78 Å². The van der Waals surface area contributed by atoms with Gasteiger partial charge in [0.2, 0.25) is 0 Å². The molecule has 2 N–H and O–H groups in total. The Bertz CT molecular complexity index is 2350. The number of rotatable bonds is 21. The van der Waals surface area contributed by atoms with E-state index in [9.17, 15) is 18.4 Å². The maximum absolute atomic E-state index is 13.4. The van der Waals surface area contributed by atoms with Crippen LogP contribution in [0.15, 0.2) is 146 Å². The molecule has 2 unspecified atom stereocenters. The summed E-state index contributed by atoms with van der Waals surface area (Å²) in [6, 6.07) is 41.0. The van der Waals surface area contributed by atoms with E-state index in [2.05, 4.69) is 0 Å². The van der Waals surface area contributed by atoms with Gasteiger partial charge in [0, 0.05) is 43.1 Å². The normalized spacial score (nSPS) is 11.8. The van der Waals surface area contributed by atoms with Gasteiger partial charge < -0.3 is 33.9 Å². The van der Waals surface area contributed by atoms with E-state index in [0.29, 0.717) is 71.2 Å².